The molecule has 0 bridgehead atoms. The van der Waals surface area contributed by atoms with Gasteiger partial charge in [-0.25, -0.2) is 4.79 Å². The van der Waals surface area contributed by atoms with Gasteiger partial charge in [-0.05, 0) is 12.8 Å². The Morgan fingerprint density at radius 3 is 2.33 bits per heavy atom. The fourth-order valence-electron chi connectivity index (χ4n) is 1.06. The lowest BCUT2D eigenvalue weighted by molar-refractivity contribution is -0.144. The van der Waals surface area contributed by atoms with Crippen molar-refractivity contribution in [3.05, 3.63) is 0 Å². The smallest absolute Gasteiger partial charge is 0.328 e. The number of nitrogens with one attached hydrogen (secondary N) is 1. The number of rotatable bonds is 5. The molecular weight excluding hydrogens is 196 g/mol. The van der Waals surface area contributed by atoms with Crippen molar-refractivity contribution in [3.63, 3.8) is 0 Å². The van der Waals surface area contributed by atoms with E-state index in [0.29, 0.717) is 0 Å². The number of carbonyl (C=O) groups is 2. The van der Waals surface area contributed by atoms with Gasteiger partial charge in [-0.15, -0.1) is 0 Å². The molecule has 5 heteroatoms. The molecule has 0 aromatic rings. The van der Waals surface area contributed by atoms with Crippen LogP contribution in [-0.2, 0) is 14.3 Å². The van der Waals surface area contributed by atoms with Gasteiger partial charge in [0.2, 0.25) is 5.91 Å². The molecule has 3 N–H and O–H groups in total. The molecular formula is C10H20N2O3. The van der Waals surface area contributed by atoms with Gasteiger partial charge in [-0.1, -0.05) is 20.3 Å². The molecule has 0 aliphatic rings. The predicted molar refractivity (Wildman–Crippen MR) is 57.1 cm³/mol. The van der Waals surface area contributed by atoms with Crippen LogP contribution in [0.1, 0.15) is 27.2 Å². The van der Waals surface area contributed by atoms with Gasteiger partial charge in [0.25, 0.3) is 0 Å². The van der Waals surface area contributed by atoms with Crippen LogP contribution in [0.3, 0.4) is 0 Å². The maximum Gasteiger partial charge on any atom is 0.328 e. The number of hydrogen-bond acceptors (Lipinski definition) is 4. The van der Waals surface area contributed by atoms with Crippen molar-refractivity contribution in [1.82, 2.24) is 5.32 Å². The van der Waals surface area contributed by atoms with E-state index in [1.54, 1.807) is 6.92 Å². The van der Waals surface area contributed by atoms with Crippen molar-refractivity contribution >= 4 is 11.9 Å². The molecule has 0 saturated carbocycles. The second-order valence-corrected chi connectivity index (χ2v) is 3.66. The highest BCUT2D eigenvalue weighted by Gasteiger charge is 2.23. The molecule has 0 spiro atoms. The quantitative estimate of drug-likeness (QED) is 0.636. The van der Waals surface area contributed by atoms with Crippen LogP contribution in [0.4, 0.5) is 0 Å². The summed E-state index contributed by atoms with van der Waals surface area (Å²) in [6.45, 7) is 5.42. The van der Waals surface area contributed by atoms with E-state index >= 15 is 0 Å². The average Bonchev–Trinajstić information content (AvgIpc) is 2.25. The maximum absolute atomic E-state index is 11.5. The molecule has 0 rings (SSSR count). The molecule has 3 atom stereocenters. The summed E-state index contributed by atoms with van der Waals surface area (Å²) in [7, 11) is 1.28. The number of nitrogens with two attached hydrogens (primary N) is 1. The van der Waals surface area contributed by atoms with E-state index in [0.717, 1.165) is 6.42 Å². The number of hydrogen-bond donors (Lipinski definition) is 2. The van der Waals surface area contributed by atoms with Crippen LogP contribution >= 0.6 is 0 Å². The molecule has 0 saturated heterocycles. The molecule has 0 aromatic carbocycles. The van der Waals surface area contributed by atoms with E-state index in [1.165, 1.54) is 7.11 Å². The zero-order chi connectivity index (χ0) is 12.0. The van der Waals surface area contributed by atoms with Crippen molar-refractivity contribution in [2.75, 3.05) is 7.11 Å². The van der Waals surface area contributed by atoms with Crippen molar-refractivity contribution in [1.29, 1.82) is 0 Å². The van der Waals surface area contributed by atoms with Gasteiger partial charge < -0.3 is 15.8 Å². The molecule has 0 aliphatic carbocycles. The SMILES string of the molecule is CCC(C)[C@H](N)C(=O)NC(C)C(=O)OC. The van der Waals surface area contributed by atoms with Crippen LogP contribution in [0.15, 0.2) is 0 Å². The highest BCUT2D eigenvalue weighted by Crippen LogP contribution is 2.05. The molecule has 88 valence electrons. The summed E-state index contributed by atoms with van der Waals surface area (Å²) in [5.74, 6) is -0.697. The van der Waals surface area contributed by atoms with Gasteiger partial charge in [0, 0.05) is 0 Å². The Hall–Kier alpha value is -1.10. The normalized spacial score (nSPS) is 16.3. The Morgan fingerprint density at radius 2 is 1.93 bits per heavy atom. The molecule has 0 heterocycles. The molecule has 2 unspecified atom stereocenters. The van der Waals surface area contributed by atoms with Gasteiger partial charge in [-0.2, -0.15) is 0 Å². The summed E-state index contributed by atoms with van der Waals surface area (Å²) in [4.78, 5) is 22.6. The summed E-state index contributed by atoms with van der Waals surface area (Å²) in [6, 6.07) is -1.24. The highest BCUT2D eigenvalue weighted by molar-refractivity contribution is 5.87. The Morgan fingerprint density at radius 1 is 1.40 bits per heavy atom. The lowest BCUT2D eigenvalue weighted by Gasteiger charge is -2.19. The Labute approximate surface area is 90.4 Å². The molecule has 0 aromatic heterocycles. The van der Waals surface area contributed by atoms with E-state index < -0.39 is 18.1 Å². The lowest BCUT2D eigenvalue weighted by atomic mass is 9.99. The van der Waals surface area contributed by atoms with E-state index in [2.05, 4.69) is 10.1 Å². The molecule has 15 heavy (non-hydrogen) atoms. The van der Waals surface area contributed by atoms with Gasteiger partial charge in [0.05, 0.1) is 13.2 Å². The number of methoxy groups -OCH3 is 1. The first-order valence-electron chi connectivity index (χ1n) is 5.07. The topological polar surface area (TPSA) is 81.4 Å². The second-order valence-electron chi connectivity index (χ2n) is 3.66. The van der Waals surface area contributed by atoms with Crippen LogP contribution in [0.25, 0.3) is 0 Å². The van der Waals surface area contributed by atoms with Crippen molar-refractivity contribution in [2.24, 2.45) is 11.7 Å². The van der Waals surface area contributed by atoms with E-state index in [4.69, 9.17) is 5.73 Å². The zero-order valence-corrected chi connectivity index (χ0v) is 9.74. The summed E-state index contributed by atoms with van der Waals surface area (Å²) < 4.78 is 4.48. The molecule has 0 aliphatic heterocycles. The fraction of sp³-hybridized carbons (Fsp3) is 0.800. The largest absolute Gasteiger partial charge is 0.467 e. The summed E-state index contributed by atoms with van der Waals surface area (Å²) in [5.41, 5.74) is 5.70. The van der Waals surface area contributed by atoms with Crippen LogP contribution in [-0.4, -0.2) is 31.1 Å². The summed E-state index contributed by atoms with van der Waals surface area (Å²) in [5, 5.41) is 2.51. The number of esters is 1. The van der Waals surface area contributed by atoms with Crippen LogP contribution in [0.2, 0.25) is 0 Å². The average molecular weight is 216 g/mol. The van der Waals surface area contributed by atoms with Crippen LogP contribution < -0.4 is 11.1 Å². The van der Waals surface area contributed by atoms with Crippen molar-refractivity contribution in [3.8, 4) is 0 Å². The van der Waals surface area contributed by atoms with Gasteiger partial charge in [-0.3, -0.25) is 4.79 Å². The highest BCUT2D eigenvalue weighted by atomic mass is 16.5. The lowest BCUT2D eigenvalue weighted by Crippen LogP contribution is -2.49. The van der Waals surface area contributed by atoms with Gasteiger partial charge in [0.15, 0.2) is 0 Å². The molecule has 5 nitrogen and oxygen atoms in total. The molecule has 0 fully saturated rings. The number of carbonyl (C=O) groups excluding carboxylic acids is 2. The third-order valence-corrected chi connectivity index (χ3v) is 2.47. The summed E-state index contributed by atoms with van der Waals surface area (Å²) in [6.07, 6.45) is 0.821. The van der Waals surface area contributed by atoms with Crippen LogP contribution in [0.5, 0.6) is 0 Å². The first kappa shape index (κ1) is 13.9. The zero-order valence-electron chi connectivity index (χ0n) is 9.74. The van der Waals surface area contributed by atoms with Gasteiger partial charge in [0.1, 0.15) is 6.04 Å². The second kappa shape index (κ2) is 6.40. The minimum atomic E-state index is -0.655. The van der Waals surface area contributed by atoms with E-state index in [1.807, 2.05) is 13.8 Å². The number of amides is 1. The minimum absolute atomic E-state index is 0.0925. The minimum Gasteiger partial charge on any atom is -0.467 e. The van der Waals surface area contributed by atoms with E-state index in [9.17, 15) is 9.59 Å². The van der Waals surface area contributed by atoms with Crippen LogP contribution in [0, 0.1) is 5.92 Å². The maximum atomic E-state index is 11.5. The third kappa shape index (κ3) is 4.29. The fourth-order valence-corrected chi connectivity index (χ4v) is 1.06. The number of ether oxygens (including phenoxy) is 1. The monoisotopic (exact) mass is 216 g/mol. The Balaban J connectivity index is 4.18. The molecule has 1 amide bonds. The third-order valence-electron chi connectivity index (χ3n) is 2.47. The summed E-state index contributed by atoms with van der Waals surface area (Å²) >= 11 is 0. The standard InChI is InChI=1S/C10H20N2O3/c1-5-6(2)8(11)9(13)12-7(3)10(14)15-4/h6-8H,5,11H2,1-4H3,(H,12,13)/t6?,7?,8-/m0/s1. The molecule has 0 radical (unpaired) electrons. The Kier molecular flexibility index (Phi) is 5.93. The predicted octanol–water partition coefficient (Wildman–Crippen LogP) is 0.0375. The van der Waals surface area contributed by atoms with Crippen molar-refractivity contribution in [2.45, 2.75) is 39.3 Å². The first-order valence-corrected chi connectivity index (χ1v) is 5.07. The van der Waals surface area contributed by atoms with E-state index in [-0.39, 0.29) is 11.8 Å². The first-order chi connectivity index (χ1) is 6.93. The van der Waals surface area contributed by atoms with Crippen molar-refractivity contribution < 1.29 is 14.3 Å². The van der Waals surface area contributed by atoms with Gasteiger partial charge >= 0.3 is 5.97 Å². The Bertz CT molecular complexity index is 231.